The van der Waals surface area contributed by atoms with Crippen LogP contribution in [0.5, 0.6) is 0 Å². The first-order valence-corrected chi connectivity index (χ1v) is 7.61. The normalized spacial score (nSPS) is 16.0. The first-order chi connectivity index (χ1) is 10.5. The molecule has 1 aromatic carbocycles. The van der Waals surface area contributed by atoms with Gasteiger partial charge in [-0.25, -0.2) is 0 Å². The molecule has 0 bridgehead atoms. The summed E-state index contributed by atoms with van der Waals surface area (Å²) in [7, 11) is 0. The molecule has 3 nitrogen and oxygen atoms in total. The molecular formula is C16H21F3N2O. The van der Waals surface area contributed by atoms with Gasteiger partial charge in [-0.05, 0) is 50.5 Å². The molecule has 2 rings (SSSR count). The molecule has 0 radical (unpaired) electrons. The second kappa shape index (κ2) is 7.63. The summed E-state index contributed by atoms with van der Waals surface area (Å²) in [5.74, 6) is -0.198. The SMILES string of the molecule is O=C(CCCN1CCCC1)NCc1ccccc1C(F)(F)F. The van der Waals surface area contributed by atoms with Gasteiger partial charge in [0, 0.05) is 13.0 Å². The Morgan fingerprint density at radius 1 is 1.18 bits per heavy atom. The number of rotatable bonds is 6. The lowest BCUT2D eigenvalue weighted by Gasteiger charge is -2.15. The Balaban J connectivity index is 1.76. The van der Waals surface area contributed by atoms with Crippen molar-refractivity contribution in [3.8, 4) is 0 Å². The quantitative estimate of drug-likeness (QED) is 0.874. The number of nitrogens with one attached hydrogen (secondary N) is 1. The van der Waals surface area contributed by atoms with Crippen LogP contribution >= 0.6 is 0 Å². The van der Waals surface area contributed by atoms with Crippen LogP contribution < -0.4 is 5.32 Å². The van der Waals surface area contributed by atoms with Gasteiger partial charge in [0.2, 0.25) is 5.91 Å². The zero-order valence-corrected chi connectivity index (χ0v) is 12.5. The smallest absolute Gasteiger partial charge is 0.352 e. The minimum absolute atomic E-state index is 0.0851. The molecule has 0 unspecified atom stereocenters. The summed E-state index contributed by atoms with van der Waals surface area (Å²) in [6, 6.07) is 5.33. The van der Waals surface area contributed by atoms with Gasteiger partial charge >= 0.3 is 6.18 Å². The molecule has 0 spiro atoms. The average Bonchev–Trinajstić information content (AvgIpc) is 2.98. The molecule has 0 atom stereocenters. The fraction of sp³-hybridized carbons (Fsp3) is 0.562. The summed E-state index contributed by atoms with van der Waals surface area (Å²) in [4.78, 5) is 14.1. The van der Waals surface area contributed by atoms with Gasteiger partial charge < -0.3 is 10.2 Å². The summed E-state index contributed by atoms with van der Waals surface area (Å²) in [5, 5.41) is 2.58. The van der Waals surface area contributed by atoms with Gasteiger partial charge in [-0.2, -0.15) is 13.2 Å². The number of nitrogens with zero attached hydrogens (tertiary/aromatic N) is 1. The van der Waals surface area contributed by atoms with E-state index in [-0.39, 0.29) is 18.0 Å². The Hall–Kier alpha value is -1.56. The molecule has 1 amide bonds. The molecule has 1 heterocycles. The molecule has 1 N–H and O–H groups in total. The molecule has 6 heteroatoms. The molecule has 1 fully saturated rings. The Morgan fingerprint density at radius 2 is 1.86 bits per heavy atom. The average molecular weight is 314 g/mol. The van der Waals surface area contributed by atoms with Gasteiger partial charge in [-0.15, -0.1) is 0 Å². The topological polar surface area (TPSA) is 32.3 Å². The van der Waals surface area contributed by atoms with Crippen LogP contribution in [0.4, 0.5) is 13.2 Å². The third kappa shape index (κ3) is 5.02. The zero-order chi connectivity index (χ0) is 16.0. The van der Waals surface area contributed by atoms with Crippen LogP contribution in [0.15, 0.2) is 24.3 Å². The van der Waals surface area contributed by atoms with Crippen LogP contribution in [0.2, 0.25) is 0 Å². The van der Waals surface area contributed by atoms with Gasteiger partial charge in [0.25, 0.3) is 0 Å². The summed E-state index contributed by atoms with van der Waals surface area (Å²) in [6.45, 7) is 2.96. The van der Waals surface area contributed by atoms with Gasteiger partial charge in [0.05, 0.1) is 5.56 Å². The third-order valence-corrected chi connectivity index (χ3v) is 3.88. The lowest BCUT2D eigenvalue weighted by Crippen LogP contribution is -2.26. The molecule has 1 aliphatic heterocycles. The standard InChI is InChI=1S/C16H21F3N2O/c17-16(18,19)14-7-2-1-6-13(14)12-20-15(22)8-5-11-21-9-3-4-10-21/h1-2,6-7H,3-5,8-12H2,(H,20,22). The number of benzene rings is 1. The molecular weight excluding hydrogens is 293 g/mol. The highest BCUT2D eigenvalue weighted by Gasteiger charge is 2.32. The van der Waals surface area contributed by atoms with E-state index in [0.29, 0.717) is 6.42 Å². The Labute approximate surface area is 128 Å². The maximum atomic E-state index is 12.8. The van der Waals surface area contributed by atoms with Crippen LogP contribution in [0.1, 0.15) is 36.8 Å². The first kappa shape index (κ1) is 16.8. The van der Waals surface area contributed by atoms with Crippen molar-refractivity contribution < 1.29 is 18.0 Å². The lowest BCUT2D eigenvalue weighted by atomic mass is 10.1. The molecule has 122 valence electrons. The van der Waals surface area contributed by atoms with E-state index in [9.17, 15) is 18.0 Å². The summed E-state index contributed by atoms with van der Waals surface area (Å²) >= 11 is 0. The number of halogens is 3. The van der Waals surface area contributed by atoms with Crippen molar-refractivity contribution in [3.05, 3.63) is 35.4 Å². The van der Waals surface area contributed by atoms with Crippen molar-refractivity contribution in [3.63, 3.8) is 0 Å². The van der Waals surface area contributed by atoms with Gasteiger partial charge in [0.15, 0.2) is 0 Å². The highest BCUT2D eigenvalue weighted by Crippen LogP contribution is 2.31. The number of alkyl halides is 3. The summed E-state index contributed by atoms with van der Waals surface area (Å²) in [5.41, 5.74) is -0.588. The predicted octanol–water partition coefficient (Wildman–Crippen LogP) is 3.20. The minimum Gasteiger partial charge on any atom is -0.352 e. The van der Waals surface area contributed by atoms with Crippen molar-refractivity contribution >= 4 is 5.91 Å². The molecule has 1 aliphatic rings. The van der Waals surface area contributed by atoms with Crippen LogP contribution in [0.25, 0.3) is 0 Å². The largest absolute Gasteiger partial charge is 0.416 e. The lowest BCUT2D eigenvalue weighted by molar-refractivity contribution is -0.138. The van der Waals surface area contributed by atoms with Crippen molar-refractivity contribution in [2.75, 3.05) is 19.6 Å². The van der Waals surface area contributed by atoms with Crippen molar-refractivity contribution in [2.45, 2.75) is 38.4 Å². The Morgan fingerprint density at radius 3 is 2.55 bits per heavy atom. The van der Waals surface area contributed by atoms with E-state index >= 15 is 0 Å². The van der Waals surface area contributed by atoms with E-state index in [1.165, 1.54) is 25.0 Å². The number of likely N-dealkylation sites (tertiary alicyclic amines) is 1. The van der Waals surface area contributed by atoms with Crippen LogP contribution in [-0.4, -0.2) is 30.4 Å². The van der Waals surface area contributed by atoms with E-state index in [1.54, 1.807) is 6.07 Å². The van der Waals surface area contributed by atoms with E-state index < -0.39 is 11.7 Å². The van der Waals surface area contributed by atoms with E-state index in [1.807, 2.05) is 0 Å². The fourth-order valence-corrected chi connectivity index (χ4v) is 2.70. The highest BCUT2D eigenvalue weighted by molar-refractivity contribution is 5.75. The van der Waals surface area contributed by atoms with Gasteiger partial charge in [0.1, 0.15) is 0 Å². The van der Waals surface area contributed by atoms with E-state index in [2.05, 4.69) is 10.2 Å². The molecule has 1 aromatic rings. The maximum Gasteiger partial charge on any atom is 0.416 e. The van der Waals surface area contributed by atoms with E-state index in [4.69, 9.17) is 0 Å². The molecule has 0 saturated carbocycles. The predicted molar refractivity (Wildman–Crippen MR) is 78.2 cm³/mol. The number of hydrogen-bond acceptors (Lipinski definition) is 2. The second-order valence-electron chi connectivity index (χ2n) is 5.58. The van der Waals surface area contributed by atoms with Gasteiger partial charge in [-0.1, -0.05) is 18.2 Å². The number of amides is 1. The van der Waals surface area contributed by atoms with Crippen molar-refractivity contribution in [1.29, 1.82) is 0 Å². The third-order valence-electron chi connectivity index (χ3n) is 3.88. The summed E-state index contributed by atoms with van der Waals surface area (Å²) in [6.07, 6.45) is -0.880. The minimum atomic E-state index is -4.39. The molecule has 0 aliphatic carbocycles. The zero-order valence-electron chi connectivity index (χ0n) is 12.5. The number of hydrogen-bond donors (Lipinski definition) is 1. The first-order valence-electron chi connectivity index (χ1n) is 7.61. The van der Waals surface area contributed by atoms with Crippen LogP contribution in [0, 0.1) is 0 Å². The van der Waals surface area contributed by atoms with Crippen LogP contribution in [-0.2, 0) is 17.5 Å². The number of carbonyl (C=O) groups excluding carboxylic acids is 1. The molecule has 1 saturated heterocycles. The Bertz CT molecular complexity index is 496. The van der Waals surface area contributed by atoms with E-state index in [0.717, 1.165) is 32.1 Å². The van der Waals surface area contributed by atoms with Crippen LogP contribution in [0.3, 0.4) is 0 Å². The van der Waals surface area contributed by atoms with Crippen molar-refractivity contribution in [2.24, 2.45) is 0 Å². The monoisotopic (exact) mass is 314 g/mol. The highest BCUT2D eigenvalue weighted by atomic mass is 19.4. The number of carbonyl (C=O) groups is 1. The van der Waals surface area contributed by atoms with Crippen molar-refractivity contribution in [1.82, 2.24) is 10.2 Å². The van der Waals surface area contributed by atoms with Gasteiger partial charge in [-0.3, -0.25) is 4.79 Å². The summed E-state index contributed by atoms with van der Waals surface area (Å²) < 4.78 is 38.5. The maximum absolute atomic E-state index is 12.8. The second-order valence-corrected chi connectivity index (χ2v) is 5.58. The fourth-order valence-electron chi connectivity index (χ4n) is 2.70. The molecule has 0 aromatic heterocycles. The Kier molecular flexibility index (Phi) is 5.83. The molecule has 22 heavy (non-hydrogen) atoms.